The molecule has 0 aliphatic rings. The lowest BCUT2D eigenvalue weighted by Crippen LogP contribution is -2.33. The fourth-order valence-electron chi connectivity index (χ4n) is 1.41. The minimum atomic E-state index is -3.86. The number of nitrogens with one attached hydrogen (secondary N) is 2. The molecule has 0 unspecified atom stereocenters. The largest absolute Gasteiger partial charge is 0.355 e. The molecular weight excluding hydrogens is 361 g/mol. The fourth-order valence-corrected chi connectivity index (χ4v) is 3.58. The summed E-state index contributed by atoms with van der Waals surface area (Å²) in [5.41, 5.74) is 5.23. The van der Waals surface area contributed by atoms with E-state index < -0.39 is 10.0 Å². The number of carbonyl (C=O) groups is 1. The molecule has 21 heavy (non-hydrogen) atoms. The molecule has 1 rings (SSSR count). The predicted octanol–water partition coefficient (Wildman–Crippen LogP) is 1.16. The van der Waals surface area contributed by atoms with E-state index in [1.807, 2.05) is 0 Å². The number of hydrogen-bond acceptors (Lipinski definition) is 4. The summed E-state index contributed by atoms with van der Waals surface area (Å²) in [6.07, 6.45) is 0.00129. The third-order valence-corrected chi connectivity index (χ3v) is 4.71. The maximum absolute atomic E-state index is 12.0. The van der Waals surface area contributed by atoms with Crippen LogP contribution in [0.15, 0.2) is 23.1 Å². The summed E-state index contributed by atoms with van der Waals surface area (Å²) in [5.74, 6) is -0.289. The van der Waals surface area contributed by atoms with Crippen LogP contribution in [-0.2, 0) is 14.8 Å². The number of carbonyl (C=O) groups excluding carboxylic acids is 1. The Hall–Kier alpha value is -0.570. The van der Waals surface area contributed by atoms with Crippen molar-refractivity contribution in [3.05, 3.63) is 28.2 Å². The molecule has 1 amide bonds. The Kier molecular flexibility index (Phi) is 9.19. The van der Waals surface area contributed by atoms with Gasteiger partial charge in [0.1, 0.15) is 4.90 Å². The zero-order chi connectivity index (χ0) is 15.2. The van der Waals surface area contributed by atoms with Crippen LogP contribution in [0.25, 0.3) is 0 Å². The van der Waals surface area contributed by atoms with Gasteiger partial charge in [0.2, 0.25) is 15.9 Å². The lowest BCUT2D eigenvalue weighted by Gasteiger charge is -2.09. The maximum atomic E-state index is 12.0. The second kappa shape index (κ2) is 9.45. The third kappa shape index (κ3) is 6.37. The van der Waals surface area contributed by atoms with Gasteiger partial charge < -0.3 is 11.1 Å². The van der Waals surface area contributed by atoms with Gasteiger partial charge in [0, 0.05) is 26.1 Å². The number of rotatable bonds is 7. The Morgan fingerprint density at radius 3 is 2.29 bits per heavy atom. The molecule has 4 N–H and O–H groups in total. The Morgan fingerprint density at radius 1 is 1.19 bits per heavy atom. The van der Waals surface area contributed by atoms with Crippen LogP contribution in [0.1, 0.15) is 6.42 Å². The lowest BCUT2D eigenvalue weighted by molar-refractivity contribution is -0.120. The van der Waals surface area contributed by atoms with E-state index in [1.165, 1.54) is 12.1 Å². The minimum absolute atomic E-state index is 0. The van der Waals surface area contributed by atoms with Crippen LogP contribution in [-0.4, -0.2) is 34.0 Å². The first-order valence-electron chi connectivity index (χ1n) is 5.79. The second-order valence-corrected chi connectivity index (χ2v) is 6.36. The summed E-state index contributed by atoms with van der Waals surface area (Å²) in [6.45, 7) is 0.620. The van der Waals surface area contributed by atoms with Gasteiger partial charge in [0.15, 0.2) is 0 Å². The Labute approximate surface area is 139 Å². The van der Waals surface area contributed by atoms with E-state index in [9.17, 15) is 13.2 Å². The van der Waals surface area contributed by atoms with E-state index in [0.717, 1.165) is 0 Å². The maximum Gasteiger partial charge on any atom is 0.243 e. The van der Waals surface area contributed by atoms with E-state index in [1.54, 1.807) is 6.07 Å². The van der Waals surface area contributed by atoms with Crippen molar-refractivity contribution in [2.45, 2.75) is 11.3 Å². The number of sulfonamides is 1. The molecule has 0 bridgehead atoms. The predicted molar refractivity (Wildman–Crippen MR) is 85.6 cm³/mol. The van der Waals surface area contributed by atoms with E-state index in [-0.39, 0.29) is 46.2 Å². The first-order valence-corrected chi connectivity index (χ1v) is 8.03. The van der Waals surface area contributed by atoms with Gasteiger partial charge in [0.25, 0.3) is 0 Å². The molecule has 1 aromatic carbocycles. The number of hydrogen-bond donors (Lipinski definition) is 3. The molecule has 0 atom stereocenters. The van der Waals surface area contributed by atoms with Gasteiger partial charge in [-0.3, -0.25) is 4.79 Å². The van der Waals surface area contributed by atoms with Crippen molar-refractivity contribution in [2.24, 2.45) is 5.73 Å². The zero-order valence-electron chi connectivity index (χ0n) is 10.9. The van der Waals surface area contributed by atoms with Crippen molar-refractivity contribution in [1.82, 2.24) is 10.0 Å². The molecule has 0 aliphatic heterocycles. The number of amides is 1. The van der Waals surface area contributed by atoms with Crippen LogP contribution in [0.3, 0.4) is 0 Å². The van der Waals surface area contributed by atoms with Crippen molar-refractivity contribution in [3.63, 3.8) is 0 Å². The van der Waals surface area contributed by atoms with Crippen molar-refractivity contribution in [3.8, 4) is 0 Å². The van der Waals surface area contributed by atoms with E-state index in [4.69, 9.17) is 28.9 Å². The molecule has 0 saturated carbocycles. The van der Waals surface area contributed by atoms with Gasteiger partial charge in [0.05, 0.1) is 10.0 Å². The van der Waals surface area contributed by atoms with Gasteiger partial charge in [-0.15, -0.1) is 12.4 Å². The summed E-state index contributed by atoms with van der Waals surface area (Å²) < 4.78 is 26.4. The van der Waals surface area contributed by atoms with E-state index in [2.05, 4.69) is 10.0 Å². The average molecular weight is 377 g/mol. The fraction of sp³-hybridized carbons (Fsp3) is 0.364. The summed E-state index contributed by atoms with van der Waals surface area (Å²) in [7, 11) is -3.86. The van der Waals surface area contributed by atoms with Crippen LogP contribution < -0.4 is 15.8 Å². The topological polar surface area (TPSA) is 101 Å². The highest BCUT2D eigenvalue weighted by Gasteiger charge is 2.21. The number of nitrogens with two attached hydrogens (primary N) is 1. The van der Waals surface area contributed by atoms with E-state index in [0.29, 0.717) is 13.1 Å². The highest BCUT2D eigenvalue weighted by molar-refractivity contribution is 7.89. The van der Waals surface area contributed by atoms with Crippen molar-refractivity contribution >= 4 is 51.5 Å². The van der Waals surface area contributed by atoms with Crippen molar-refractivity contribution in [1.29, 1.82) is 0 Å². The smallest absolute Gasteiger partial charge is 0.243 e. The summed E-state index contributed by atoms with van der Waals surface area (Å²) in [5, 5.41) is 2.58. The van der Waals surface area contributed by atoms with Crippen LogP contribution in [0.4, 0.5) is 0 Å². The first kappa shape index (κ1) is 20.4. The molecule has 0 saturated heterocycles. The minimum Gasteiger partial charge on any atom is -0.355 e. The van der Waals surface area contributed by atoms with Crippen LogP contribution in [0.2, 0.25) is 10.0 Å². The molecule has 6 nitrogen and oxygen atoms in total. The molecule has 0 aromatic heterocycles. The van der Waals surface area contributed by atoms with Crippen molar-refractivity contribution < 1.29 is 13.2 Å². The van der Waals surface area contributed by atoms with Crippen LogP contribution >= 0.6 is 35.6 Å². The molecule has 10 heteroatoms. The average Bonchev–Trinajstić information content (AvgIpc) is 2.35. The number of halogens is 3. The molecule has 0 spiro atoms. The summed E-state index contributed by atoms with van der Waals surface area (Å²) in [4.78, 5) is 11.1. The molecular formula is C11H16Cl3N3O3S. The van der Waals surface area contributed by atoms with Gasteiger partial charge in [-0.05, 0) is 12.1 Å². The molecule has 0 radical (unpaired) electrons. The number of benzene rings is 1. The molecule has 0 aliphatic carbocycles. The van der Waals surface area contributed by atoms with Gasteiger partial charge in [-0.1, -0.05) is 29.3 Å². The summed E-state index contributed by atoms with van der Waals surface area (Å²) >= 11 is 11.7. The van der Waals surface area contributed by atoms with Gasteiger partial charge in [-0.2, -0.15) is 0 Å². The Balaban J connectivity index is 0.00000400. The third-order valence-electron chi connectivity index (χ3n) is 2.30. The lowest BCUT2D eigenvalue weighted by atomic mass is 10.4. The first-order chi connectivity index (χ1) is 9.38. The highest BCUT2D eigenvalue weighted by atomic mass is 35.5. The highest BCUT2D eigenvalue weighted by Crippen LogP contribution is 2.28. The van der Waals surface area contributed by atoms with Crippen LogP contribution in [0.5, 0.6) is 0 Å². The molecule has 1 aromatic rings. The molecule has 120 valence electrons. The van der Waals surface area contributed by atoms with Crippen LogP contribution in [0, 0.1) is 0 Å². The second-order valence-electron chi connectivity index (χ2n) is 3.84. The SMILES string of the molecule is Cl.NCCNC(=O)CCNS(=O)(=O)c1c(Cl)cccc1Cl. The quantitative estimate of drug-likeness (QED) is 0.664. The monoisotopic (exact) mass is 375 g/mol. The molecule has 0 fully saturated rings. The Morgan fingerprint density at radius 2 is 1.76 bits per heavy atom. The van der Waals surface area contributed by atoms with Gasteiger partial charge in [-0.25, -0.2) is 13.1 Å². The normalized spacial score (nSPS) is 10.8. The Bertz CT molecular complexity index is 561. The van der Waals surface area contributed by atoms with Crippen molar-refractivity contribution in [2.75, 3.05) is 19.6 Å². The molecule has 0 heterocycles. The summed E-state index contributed by atoms with van der Waals surface area (Å²) in [6, 6.07) is 4.40. The standard InChI is InChI=1S/C11H15Cl2N3O3S.ClH/c12-8-2-1-3-9(13)11(8)20(18,19)16-6-4-10(17)15-7-5-14;/h1-3,16H,4-7,14H2,(H,15,17);1H. The van der Waals surface area contributed by atoms with E-state index >= 15 is 0 Å². The van der Waals surface area contributed by atoms with Gasteiger partial charge >= 0.3 is 0 Å². The zero-order valence-corrected chi connectivity index (χ0v) is 14.1.